The number of hydrogen-bond acceptors (Lipinski definition) is 4. The Morgan fingerprint density at radius 3 is 2.42 bits per heavy atom. The number of nitrogens with one attached hydrogen (secondary N) is 1. The highest BCUT2D eigenvalue weighted by molar-refractivity contribution is 7.99. The molecule has 1 heterocycles. The minimum atomic E-state index is -0.280. The van der Waals surface area contributed by atoms with Gasteiger partial charge in [-0.3, -0.25) is 9.36 Å². The van der Waals surface area contributed by atoms with Gasteiger partial charge in [0.15, 0.2) is 5.16 Å². The molecular weight excluding hydrogens is 451 g/mol. The van der Waals surface area contributed by atoms with Gasteiger partial charge < -0.3 is 5.32 Å². The summed E-state index contributed by atoms with van der Waals surface area (Å²) >= 11 is 13.4. The maximum Gasteiger partial charge on any atom is 0.231 e. The summed E-state index contributed by atoms with van der Waals surface area (Å²) < 4.78 is 1.80. The van der Waals surface area contributed by atoms with E-state index in [2.05, 4.69) is 15.5 Å². The van der Waals surface area contributed by atoms with Crippen LogP contribution in [0.25, 0.3) is 5.69 Å². The van der Waals surface area contributed by atoms with Crippen molar-refractivity contribution < 1.29 is 4.79 Å². The van der Waals surface area contributed by atoms with Gasteiger partial charge in [0.1, 0.15) is 6.33 Å². The number of carbonyl (C=O) groups is 1. The molecule has 0 saturated carbocycles. The third-order valence-electron chi connectivity index (χ3n) is 4.58. The second-order valence-corrected chi connectivity index (χ2v) is 8.53. The topological polar surface area (TPSA) is 59.8 Å². The van der Waals surface area contributed by atoms with E-state index in [9.17, 15) is 4.79 Å². The molecule has 31 heavy (non-hydrogen) atoms. The molecule has 1 atom stereocenters. The van der Waals surface area contributed by atoms with Crippen LogP contribution in [0, 0.1) is 0 Å². The van der Waals surface area contributed by atoms with Crippen molar-refractivity contribution in [2.24, 2.45) is 0 Å². The van der Waals surface area contributed by atoms with E-state index in [-0.39, 0.29) is 17.7 Å². The summed E-state index contributed by atoms with van der Waals surface area (Å²) in [7, 11) is 0. The van der Waals surface area contributed by atoms with E-state index in [1.807, 2.05) is 72.8 Å². The zero-order valence-corrected chi connectivity index (χ0v) is 18.6. The summed E-state index contributed by atoms with van der Waals surface area (Å²) in [4.78, 5) is 12.8. The van der Waals surface area contributed by atoms with E-state index >= 15 is 0 Å². The van der Waals surface area contributed by atoms with Crippen molar-refractivity contribution in [1.82, 2.24) is 20.1 Å². The molecule has 0 fully saturated rings. The van der Waals surface area contributed by atoms with Crippen molar-refractivity contribution in [3.05, 3.63) is 106 Å². The first-order valence-corrected chi connectivity index (χ1v) is 11.2. The number of aromatic nitrogens is 3. The molecule has 1 amide bonds. The Labute approximate surface area is 194 Å². The maximum atomic E-state index is 12.8. The Bertz CT molecular complexity index is 1170. The summed E-state index contributed by atoms with van der Waals surface area (Å²) in [5.41, 5.74) is 2.78. The summed E-state index contributed by atoms with van der Waals surface area (Å²) in [5, 5.41) is 13.1. The number of carbonyl (C=O) groups excluding carboxylic acids is 1. The lowest BCUT2D eigenvalue weighted by atomic mass is 9.99. The molecule has 0 aliphatic heterocycles. The van der Waals surface area contributed by atoms with E-state index in [0.717, 1.165) is 16.8 Å². The number of hydrogen-bond donors (Lipinski definition) is 1. The zero-order valence-electron chi connectivity index (χ0n) is 16.3. The fourth-order valence-corrected chi connectivity index (χ4v) is 4.17. The number of nitrogens with zero attached hydrogens (tertiary/aromatic N) is 3. The number of halogens is 2. The lowest BCUT2D eigenvalue weighted by Crippen LogP contribution is -2.30. The molecule has 156 valence electrons. The van der Waals surface area contributed by atoms with E-state index in [0.29, 0.717) is 15.2 Å². The van der Waals surface area contributed by atoms with E-state index < -0.39 is 0 Å². The first-order valence-electron chi connectivity index (χ1n) is 9.49. The highest BCUT2D eigenvalue weighted by atomic mass is 35.5. The molecule has 4 rings (SSSR count). The van der Waals surface area contributed by atoms with Crippen molar-refractivity contribution in [3.8, 4) is 5.69 Å². The van der Waals surface area contributed by atoms with Crippen LogP contribution in [0.3, 0.4) is 0 Å². The minimum Gasteiger partial charge on any atom is -0.344 e. The van der Waals surface area contributed by atoms with Crippen molar-refractivity contribution in [2.45, 2.75) is 11.2 Å². The van der Waals surface area contributed by atoms with Gasteiger partial charge in [-0.1, -0.05) is 83.5 Å². The van der Waals surface area contributed by atoms with Gasteiger partial charge in [-0.2, -0.15) is 0 Å². The molecule has 0 spiro atoms. The largest absolute Gasteiger partial charge is 0.344 e. The molecule has 1 N–H and O–H groups in total. The second kappa shape index (κ2) is 10.0. The summed E-state index contributed by atoms with van der Waals surface area (Å²) in [6.07, 6.45) is 1.60. The van der Waals surface area contributed by atoms with Gasteiger partial charge in [0.25, 0.3) is 0 Å². The molecule has 0 saturated heterocycles. The van der Waals surface area contributed by atoms with Crippen molar-refractivity contribution in [2.75, 3.05) is 5.75 Å². The van der Waals surface area contributed by atoms with Gasteiger partial charge >= 0.3 is 0 Å². The number of rotatable bonds is 7. The Kier molecular flexibility index (Phi) is 6.92. The molecule has 0 aliphatic rings. The monoisotopic (exact) mass is 468 g/mol. The average Bonchev–Trinajstić information content (AvgIpc) is 3.26. The van der Waals surface area contributed by atoms with E-state index in [1.54, 1.807) is 17.0 Å². The van der Waals surface area contributed by atoms with Crippen molar-refractivity contribution in [1.29, 1.82) is 0 Å². The molecule has 1 unspecified atom stereocenters. The molecule has 5 nitrogen and oxygen atoms in total. The van der Waals surface area contributed by atoms with Gasteiger partial charge in [0, 0.05) is 10.0 Å². The predicted molar refractivity (Wildman–Crippen MR) is 125 cm³/mol. The Hall–Kier alpha value is -2.80. The second-order valence-electron chi connectivity index (χ2n) is 6.71. The Balaban J connectivity index is 1.48. The predicted octanol–water partition coefficient (Wildman–Crippen LogP) is 5.57. The lowest BCUT2D eigenvalue weighted by Gasteiger charge is -2.20. The van der Waals surface area contributed by atoms with Gasteiger partial charge in [-0.25, -0.2) is 0 Å². The van der Waals surface area contributed by atoms with Crippen molar-refractivity contribution in [3.63, 3.8) is 0 Å². The first-order chi connectivity index (χ1) is 15.1. The average molecular weight is 469 g/mol. The Morgan fingerprint density at radius 2 is 1.68 bits per heavy atom. The zero-order chi connectivity index (χ0) is 21.6. The van der Waals surface area contributed by atoms with Crippen LogP contribution in [0.5, 0.6) is 0 Å². The highest BCUT2D eigenvalue weighted by Gasteiger charge is 2.18. The molecule has 3 aromatic carbocycles. The quantitative estimate of drug-likeness (QED) is 0.360. The van der Waals surface area contributed by atoms with Crippen LogP contribution < -0.4 is 5.32 Å². The smallest absolute Gasteiger partial charge is 0.231 e. The molecule has 0 aliphatic carbocycles. The summed E-state index contributed by atoms with van der Waals surface area (Å²) in [6, 6.07) is 24.4. The number of thioether (sulfide) groups is 1. The van der Waals surface area contributed by atoms with Crippen LogP contribution in [0.2, 0.25) is 10.0 Å². The van der Waals surface area contributed by atoms with E-state index in [4.69, 9.17) is 23.2 Å². The third kappa shape index (κ3) is 5.47. The SMILES string of the molecule is O=C(CSc1nncn1-c1cccc(Cl)c1)NC(c1ccccc1)c1ccc(Cl)cc1. The minimum absolute atomic E-state index is 0.116. The molecular formula is C23H18Cl2N4OS. The van der Waals surface area contributed by atoms with E-state index in [1.165, 1.54) is 11.8 Å². The third-order valence-corrected chi connectivity index (χ3v) is 6.01. The summed E-state index contributed by atoms with van der Waals surface area (Å²) in [6.45, 7) is 0. The maximum absolute atomic E-state index is 12.8. The standard InChI is InChI=1S/C23H18Cl2N4OS/c24-18-11-9-17(10-12-18)22(16-5-2-1-3-6-16)27-21(30)14-31-23-28-26-15-29(23)20-8-4-7-19(25)13-20/h1-13,15,22H,14H2,(H,27,30). The van der Waals surface area contributed by atoms with Gasteiger partial charge in [-0.05, 0) is 41.5 Å². The fraction of sp³-hybridized carbons (Fsp3) is 0.0870. The van der Waals surface area contributed by atoms with Crippen LogP contribution in [-0.2, 0) is 4.79 Å². The number of amides is 1. The molecule has 1 aromatic heterocycles. The molecule has 0 radical (unpaired) electrons. The lowest BCUT2D eigenvalue weighted by molar-refractivity contribution is -0.119. The summed E-state index contributed by atoms with van der Waals surface area (Å²) in [5.74, 6) is 0.0744. The normalized spacial score (nSPS) is 11.8. The highest BCUT2D eigenvalue weighted by Crippen LogP contribution is 2.25. The van der Waals surface area contributed by atoms with Crippen LogP contribution in [-0.4, -0.2) is 26.4 Å². The van der Waals surface area contributed by atoms with Gasteiger partial charge in [0.2, 0.25) is 5.91 Å². The van der Waals surface area contributed by atoms with Crippen LogP contribution in [0.1, 0.15) is 17.2 Å². The number of benzene rings is 3. The van der Waals surface area contributed by atoms with Crippen LogP contribution >= 0.6 is 35.0 Å². The van der Waals surface area contributed by atoms with Crippen LogP contribution in [0.15, 0.2) is 90.3 Å². The van der Waals surface area contributed by atoms with Gasteiger partial charge in [0.05, 0.1) is 17.5 Å². The molecule has 0 bridgehead atoms. The first kappa shape index (κ1) is 21.4. The van der Waals surface area contributed by atoms with Gasteiger partial charge in [-0.15, -0.1) is 10.2 Å². The van der Waals surface area contributed by atoms with Crippen molar-refractivity contribution >= 4 is 40.9 Å². The fourth-order valence-electron chi connectivity index (χ4n) is 3.12. The molecule has 8 heteroatoms. The van der Waals surface area contributed by atoms with Crippen LogP contribution in [0.4, 0.5) is 0 Å². The Morgan fingerprint density at radius 1 is 0.935 bits per heavy atom. The molecule has 4 aromatic rings.